The predicted molar refractivity (Wildman–Crippen MR) is 291 cm³/mol. The molecule has 0 saturated carbocycles. The van der Waals surface area contributed by atoms with Gasteiger partial charge in [0.25, 0.3) is 0 Å². The molecule has 6 aromatic carbocycles. The fourth-order valence-electron chi connectivity index (χ4n) is 9.92. The first-order valence-electron chi connectivity index (χ1n) is 24.9. The first kappa shape index (κ1) is 46.8. The molecule has 1 aliphatic heterocycles. The van der Waals surface area contributed by atoms with Crippen LogP contribution in [0.4, 0.5) is 22.7 Å². The van der Waals surface area contributed by atoms with E-state index in [1.165, 1.54) is 67.0 Å². The number of pyridine rings is 1. The zero-order chi connectivity index (χ0) is 48.6. The van der Waals surface area contributed by atoms with Gasteiger partial charge in [-0.2, -0.15) is 0 Å². The molecule has 68 heavy (non-hydrogen) atoms. The molecule has 0 saturated heterocycles. The molecule has 0 radical (unpaired) electrons. The molecule has 5 nitrogen and oxygen atoms in total. The summed E-state index contributed by atoms with van der Waals surface area (Å²) in [5.74, 6) is 3.67. The van der Waals surface area contributed by atoms with Gasteiger partial charge in [0.15, 0.2) is 0 Å². The summed E-state index contributed by atoms with van der Waals surface area (Å²) in [6, 6.07) is 47.5. The summed E-state index contributed by atoms with van der Waals surface area (Å²) in [6.07, 6.45) is 1.99. The van der Waals surface area contributed by atoms with E-state index in [1.54, 1.807) is 0 Å². The molecule has 5 heteroatoms. The molecule has 0 unspecified atom stereocenters. The minimum Gasteiger partial charge on any atom is -0.457 e. The van der Waals surface area contributed by atoms with E-state index in [-0.39, 0.29) is 16.2 Å². The Morgan fingerprint density at radius 1 is 0.485 bits per heavy atom. The highest BCUT2D eigenvalue weighted by atomic mass is 16.5. The number of nitrogens with zero attached hydrogens (tertiary/aromatic N) is 4. The third-order valence-corrected chi connectivity index (χ3v) is 14.1. The molecule has 0 fully saturated rings. The van der Waals surface area contributed by atoms with Crippen molar-refractivity contribution in [2.75, 3.05) is 16.5 Å². The second kappa shape index (κ2) is 17.3. The second-order valence-electron chi connectivity index (χ2n) is 23.3. The first-order chi connectivity index (χ1) is 32.1. The van der Waals surface area contributed by atoms with Crippen molar-refractivity contribution in [3.8, 4) is 28.4 Å². The lowest BCUT2D eigenvalue weighted by atomic mass is 9.82. The lowest BCUT2D eigenvalue weighted by Gasteiger charge is -2.27. The normalized spacial score (nSPS) is 13.5. The molecule has 0 atom stereocenters. The number of ether oxygens (including phenoxy) is 1. The summed E-state index contributed by atoms with van der Waals surface area (Å²) in [5, 5.41) is 2.35. The maximum Gasteiger partial charge on any atom is 0.138 e. The van der Waals surface area contributed by atoms with Crippen molar-refractivity contribution in [3.05, 3.63) is 167 Å². The third-order valence-electron chi connectivity index (χ3n) is 14.1. The quantitative estimate of drug-likeness (QED) is 0.145. The molecule has 0 bridgehead atoms. The molecule has 3 heterocycles. The van der Waals surface area contributed by atoms with Gasteiger partial charge in [-0.3, -0.25) is 4.57 Å². The highest BCUT2D eigenvalue weighted by Crippen LogP contribution is 2.49. The standard InChI is InChI=1S/C63H72N4O/c1-39(2)43-29-53(40(3)4)60(54(30-43)41(5)6)42-27-28-64-59(31-42)67-55-22-17-16-21-51(55)52-25-24-49(37-57(52)67)68-50-34-46(63(13,14)15)33-48(36-50)66-38-65(47-20-18-19-44(32-47)61(7,8)9)56-26-23-45(35-58(56)66)62(10,11)12/h16-37,39-41H,38H2,1-15H3. The van der Waals surface area contributed by atoms with Crippen LogP contribution in [-0.4, -0.2) is 16.2 Å². The maximum atomic E-state index is 7.07. The molecular weight excluding hydrogens is 829 g/mol. The van der Waals surface area contributed by atoms with Crippen molar-refractivity contribution >= 4 is 44.6 Å². The van der Waals surface area contributed by atoms with Crippen LogP contribution in [0.2, 0.25) is 0 Å². The molecular formula is C63H72N4O. The Kier molecular flexibility index (Phi) is 11.9. The van der Waals surface area contributed by atoms with Crippen LogP contribution in [0.1, 0.15) is 155 Å². The van der Waals surface area contributed by atoms with E-state index in [0.29, 0.717) is 24.4 Å². The fourth-order valence-corrected chi connectivity index (χ4v) is 9.92. The Morgan fingerprint density at radius 3 is 1.78 bits per heavy atom. The number of para-hydroxylation sites is 1. The minimum atomic E-state index is -0.127. The number of rotatable bonds is 9. The molecule has 1 aliphatic rings. The summed E-state index contributed by atoms with van der Waals surface area (Å²) in [6.45, 7) is 35.2. The van der Waals surface area contributed by atoms with Gasteiger partial charge in [-0.25, -0.2) is 4.98 Å². The Bertz CT molecular complexity index is 3150. The molecule has 2 aromatic heterocycles. The number of anilines is 4. The predicted octanol–water partition coefficient (Wildman–Crippen LogP) is 18.1. The minimum absolute atomic E-state index is 0.00707. The van der Waals surface area contributed by atoms with Crippen molar-refractivity contribution in [1.82, 2.24) is 9.55 Å². The lowest BCUT2D eigenvalue weighted by Crippen LogP contribution is -2.25. The van der Waals surface area contributed by atoms with Crippen LogP contribution in [-0.2, 0) is 16.2 Å². The number of benzene rings is 6. The monoisotopic (exact) mass is 901 g/mol. The Balaban J connectivity index is 1.16. The van der Waals surface area contributed by atoms with Crippen LogP contribution in [0.25, 0.3) is 38.8 Å². The van der Waals surface area contributed by atoms with Crippen molar-refractivity contribution in [1.29, 1.82) is 0 Å². The largest absolute Gasteiger partial charge is 0.457 e. The molecule has 8 aromatic rings. The topological polar surface area (TPSA) is 33.5 Å². The zero-order valence-corrected chi connectivity index (χ0v) is 43.3. The van der Waals surface area contributed by atoms with Gasteiger partial charge in [-0.15, -0.1) is 0 Å². The Labute approximate surface area is 406 Å². The third kappa shape index (κ3) is 8.81. The molecule has 0 N–H and O–H groups in total. The van der Waals surface area contributed by atoms with Crippen molar-refractivity contribution < 1.29 is 4.74 Å². The van der Waals surface area contributed by atoms with Gasteiger partial charge < -0.3 is 14.5 Å². The highest BCUT2D eigenvalue weighted by molar-refractivity contribution is 6.09. The van der Waals surface area contributed by atoms with E-state index in [0.717, 1.165) is 39.4 Å². The number of fused-ring (bicyclic) bond motifs is 4. The van der Waals surface area contributed by atoms with E-state index in [4.69, 9.17) is 9.72 Å². The van der Waals surface area contributed by atoms with E-state index in [9.17, 15) is 0 Å². The fraction of sp³-hybridized carbons (Fsp3) is 0.349. The van der Waals surface area contributed by atoms with Crippen molar-refractivity contribution in [2.45, 2.75) is 138 Å². The lowest BCUT2D eigenvalue weighted by molar-refractivity contribution is 0.479. The molecule has 0 spiro atoms. The zero-order valence-electron chi connectivity index (χ0n) is 43.3. The molecule has 0 aliphatic carbocycles. The SMILES string of the molecule is CC(C)c1cc(C(C)C)c(-c2ccnc(-n3c4ccccc4c4ccc(Oc5cc(N6CN(c7cccc(C(C)(C)C)c7)c7ccc(C(C)(C)C)cc76)cc(C(C)(C)C)c5)cc43)c2)c(C(C)C)c1. The van der Waals surface area contributed by atoms with Gasteiger partial charge in [0.1, 0.15) is 24.0 Å². The van der Waals surface area contributed by atoms with Crippen LogP contribution in [0, 0.1) is 0 Å². The van der Waals surface area contributed by atoms with Crippen molar-refractivity contribution in [3.63, 3.8) is 0 Å². The number of hydrogen-bond acceptors (Lipinski definition) is 4. The van der Waals surface area contributed by atoms with Gasteiger partial charge in [-0.05, 0) is 145 Å². The van der Waals surface area contributed by atoms with E-state index >= 15 is 0 Å². The summed E-state index contributed by atoms with van der Waals surface area (Å²) in [5.41, 5.74) is 17.3. The highest BCUT2D eigenvalue weighted by Gasteiger charge is 2.32. The average Bonchev–Trinajstić information content (AvgIpc) is 3.83. The van der Waals surface area contributed by atoms with Crippen LogP contribution in [0.5, 0.6) is 11.5 Å². The number of aromatic nitrogens is 2. The van der Waals surface area contributed by atoms with Crippen LogP contribution in [0.3, 0.4) is 0 Å². The Hall–Kier alpha value is -6.33. The van der Waals surface area contributed by atoms with E-state index in [1.807, 2.05) is 6.20 Å². The summed E-state index contributed by atoms with van der Waals surface area (Å²) >= 11 is 0. The van der Waals surface area contributed by atoms with Gasteiger partial charge in [-0.1, -0.05) is 152 Å². The van der Waals surface area contributed by atoms with E-state index < -0.39 is 0 Å². The Morgan fingerprint density at radius 2 is 1.12 bits per heavy atom. The second-order valence-corrected chi connectivity index (χ2v) is 23.3. The maximum absolute atomic E-state index is 7.07. The number of hydrogen-bond donors (Lipinski definition) is 0. The van der Waals surface area contributed by atoms with Crippen LogP contribution in [0.15, 0.2) is 134 Å². The summed E-state index contributed by atoms with van der Waals surface area (Å²) < 4.78 is 9.39. The van der Waals surface area contributed by atoms with Gasteiger partial charge in [0.05, 0.1) is 22.4 Å². The van der Waals surface area contributed by atoms with Crippen molar-refractivity contribution in [2.24, 2.45) is 0 Å². The summed E-state index contributed by atoms with van der Waals surface area (Å²) in [7, 11) is 0. The van der Waals surface area contributed by atoms with Crippen LogP contribution >= 0.6 is 0 Å². The van der Waals surface area contributed by atoms with Gasteiger partial charge >= 0.3 is 0 Å². The van der Waals surface area contributed by atoms with Gasteiger partial charge in [0, 0.05) is 40.5 Å². The van der Waals surface area contributed by atoms with Crippen LogP contribution < -0.4 is 14.5 Å². The molecule has 350 valence electrons. The smallest absolute Gasteiger partial charge is 0.138 e. The van der Waals surface area contributed by atoms with Gasteiger partial charge in [0.2, 0.25) is 0 Å². The first-order valence-corrected chi connectivity index (χ1v) is 24.9. The van der Waals surface area contributed by atoms with E-state index in [2.05, 4.69) is 246 Å². The molecule has 9 rings (SSSR count). The summed E-state index contributed by atoms with van der Waals surface area (Å²) in [4.78, 5) is 10.0. The molecule has 0 amide bonds. The average molecular weight is 901 g/mol.